The van der Waals surface area contributed by atoms with Gasteiger partial charge in [0.1, 0.15) is 0 Å². The molecule has 5 nitrogen and oxygen atoms in total. The zero-order valence-electron chi connectivity index (χ0n) is 14.9. The quantitative estimate of drug-likeness (QED) is 0.722. The van der Waals surface area contributed by atoms with Crippen molar-refractivity contribution < 1.29 is 24.1 Å². The molecule has 0 saturated heterocycles. The minimum atomic E-state index is -0.835. The Hall–Kier alpha value is -3.21. The van der Waals surface area contributed by atoms with Crippen molar-refractivity contribution in [1.29, 1.82) is 0 Å². The van der Waals surface area contributed by atoms with Gasteiger partial charge in [-0.05, 0) is 45.7 Å². The summed E-state index contributed by atoms with van der Waals surface area (Å²) in [6.07, 6.45) is 0.0184. The standard InChI is InChI=1S/C21H20O5/c1-24-18-11-17(12-19(25-2)21(18)26-3)16-7-6-14-8-13(9-20(22)23)4-5-15(14)10-16/h4-8,10-12H,9H2,1-3H3,(H,22,23). The smallest absolute Gasteiger partial charge is 0.307 e. The number of methoxy groups -OCH3 is 3. The molecule has 0 heterocycles. The lowest BCUT2D eigenvalue weighted by Gasteiger charge is -2.14. The van der Waals surface area contributed by atoms with E-state index in [1.165, 1.54) is 0 Å². The molecule has 0 radical (unpaired) electrons. The van der Waals surface area contributed by atoms with E-state index in [0.29, 0.717) is 17.2 Å². The van der Waals surface area contributed by atoms with Crippen molar-refractivity contribution in [3.05, 3.63) is 54.1 Å². The van der Waals surface area contributed by atoms with Crippen molar-refractivity contribution in [2.24, 2.45) is 0 Å². The van der Waals surface area contributed by atoms with E-state index < -0.39 is 5.97 Å². The molecule has 0 saturated carbocycles. The van der Waals surface area contributed by atoms with Gasteiger partial charge in [0.15, 0.2) is 11.5 Å². The highest BCUT2D eigenvalue weighted by molar-refractivity contribution is 5.89. The van der Waals surface area contributed by atoms with Crippen LogP contribution >= 0.6 is 0 Å². The molecule has 0 atom stereocenters. The lowest BCUT2D eigenvalue weighted by Crippen LogP contribution is -1.99. The average molecular weight is 352 g/mol. The van der Waals surface area contributed by atoms with E-state index in [-0.39, 0.29) is 6.42 Å². The van der Waals surface area contributed by atoms with Crippen LogP contribution in [0.25, 0.3) is 21.9 Å². The minimum absolute atomic E-state index is 0.0184. The SMILES string of the molecule is COc1cc(-c2ccc3cc(CC(=O)O)ccc3c2)cc(OC)c1OC. The monoisotopic (exact) mass is 352 g/mol. The summed E-state index contributed by atoms with van der Waals surface area (Å²) in [5, 5.41) is 11.0. The molecule has 0 spiro atoms. The van der Waals surface area contributed by atoms with E-state index in [1.54, 1.807) is 21.3 Å². The Kier molecular flexibility index (Phi) is 4.98. The van der Waals surface area contributed by atoms with Crippen LogP contribution in [0.4, 0.5) is 0 Å². The third-order valence-electron chi connectivity index (χ3n) is 4.26. The number of aliphatic carboxylic acids is 1. The molecular formula is C21H20O5. The topological polar surface area (TPSA) is 65.0 Å². The average Bonchev–Trinajstić information content (AvgIpc) is 2.65. The number of carboxylic acid groups (broad SMARTS) is 1. The Morgan fingerprint density at radius 2 is 1.42 bits per heavy atom. The van der Waals surface area contributed by atoms with Crippen LogP contribution in [0.5, 0.6) is 17.2 Å². The summed E-state index contributed by atoms with van der Waals surface area (Å²) in [5.74, 6) is 0.911. The zero-order chi connectivity index (χ0) is 18.7. The van der Waals surface area contributed by atoms with Gasteiger partial charge >= 0.3 is 5.97 Å². The predicted octanol–water partition coefficient (Wildman–Crippen LogP) is 4.16. The van der Waals surface area contributed by atoms with E-state index >= 15 is 0 Å². The molecule has 0 fully saturated rings. The lowest BCUT2D eigenvalue weighted by molar-refractivity contribution is -0.136. The van der Waals surface area contributed by atoms with Crippen molar-refractivity contribution in [3.8, 4) is 28.4 Å². The zero-order valence-corrected chi connectivity index (χ0v) is 14.9. The van der Waals surface area contributed by atoms with E-state index in [1.807, 2.05) is 42.5 Å². The largest absolute Gasteiger partial charge is 0.493 e. The van der Waals surface area contributed by atoms with Gasteiger partial charge in [-0.15, -0.1) is 0 Å². The molecule has 26 heavy (non-hydrogen) atoms. The molecule has 5 heteroatoms. The Balaban J connectivity index is 2.06. The maximum atomic E-state index is 10.9. The summed E-state index contributed by atoms with van der Waals surface area (Å²) in [4.78, 5) is 10.9. The second-order valence-corrected chi connectivity index (χ2v) is 5.88. The minimum Gasteiger partial charge on any atom is -0.493 e. The molecule has 0 aliphatic heterocycles. The first-order chi connectivity index (χ1) is 12.5. The van der Waals surface area contributed by atoms with E-state index in [9.17, 15) is 4.79 Å². The van der Waals surface area contributed by atoms with Crippen LogP contribution in [-0.2, 0) is 11.2 Å². The summed E-state index contributed by atoms with van der Waals surface area (Å²) >= 11 is 0. The maximum absolute atomic E-state index is 10.9. The van der Waals surface area contributed by atoms with Crippen LogP contribution in [0.1, 0.15) is 5.56 Å². The van der Waals surface area contributed by atoms with Crippen molar-refractivity contribution >= 4 is 16.7 Å². The lowest BCUT2D eigenvalue weighted by atomic mass is 9.98. The van der Waals surface area contributed by atoms with E-state index in [0.717, 1.165) is 27.5 Å². The number of carbonyl (C=O) groups is 1. The number of fused-ring (bicyclic) bond motifs is 1. The third-order valence-corrected chi connectivity index (χ3v) is 4.26. The Labute approximate surface area is 151 Å². The van der Waals surface area contributed by atoms with Gasteiger partial charge in [0.25, 0.3) is 0 Å². The van der Waals surface area contributed by atoms with Crippen molar-refractivity contribution in [3.63, 3.8) is 0 Å². The van der Waals surface area contributed by atoms with Crippen LogP contribution in [0, 0.1) is 0 Å². The number of benzene rings is 3. The molecule has 0 unspecified atom stereocenters. The molecule has 1 N–H and O–H groups in total. The van der Waals surface area contributed by atoms with E-state index in [4.69, 9.17) is 19.3 Å². The summed E-state index contributed by atoms with van der Waals surface area (Å²) in [6.45, 7) is 0. The van der Waals surface area contributed by atoms with Gasteiger partial charge in [0, 0.05) is 0 Å². The van der Waals surface area contributed by atoms with Crippen LogP contribution in [-0.4, -0.2) is 32.4 Å². The van der Waals surface area contributed by atoms with Crippen LogP contribution in [0.15, 0.2) is 48.5 Å². The van der Waals surface area contributed by atoms with Gasteiger partial charge in [-0.2, -0.15) is 0 Å². The fourth-order valence-corrected chi connectivity index (χ4v) is 3.01. The molecular weight excluding hydrogens is 332 g/mol. The Bertz CT molecular complexity index is 937. The second-order valence-electron chi connectivity index (χ2n) is 5.88. The van der Waals surface area contributed by atoms with Gasteiger partial charge < -0.3 is 19.3 Å². The summed E-state index contributed by atoms with van der Waals surface area (Å²) in [5.41, 5.74) is 2.73. The first-order valence-electron chi connectivity index (χ1n) is 8.10. The van der Waals surface area contributed by atoms with Gasteiger partial charge in [0.2, 0.25) is 5.75 Å². The molecule has 0 bridgehead atoms. The molecule has 3 rings (SSSR count). The normalized spacial score (nSPS) is 10.6. The molecule has 0 aromatic heterocycles. The fourth-order valence-electron chi connectivity index (χ4n) is 3.01. The molecule has 134 valence electrons. The molecule has 0 aliphatic rings. The Morgan fingerprint density at radius 1 is 0.808 bits per heavy atom. The number of hydrogen-bond donors (Lipinski definition) is 1. The highest BCUT2D eigenvalue weighted by atomic mass is 16.5. The summed E-state index contributed by atoms with van der Waals surface area (Å²) in [6, 6.07) is 15.5. The molecule has 3 aromatic rings. The number of rotatable bonds is 6. The van der Waals surface area contributed by atoms with Crippen LogP contribution in [0.3, 0.4) is 0 Å². The number of carboxylic acids is 1. The van der Waals surface area contributed by atoms with Crippen LogP contribution < -0.4 is 14.2 Å². The molecule has 0 amide bonds. The Morgan fingerprint density at radius 3 is 2.00 bits per heavy atom. The number of hydrogen-bond acceptors (Lipinski definition) is 4. The maximum Gasteiger partial charge on any atom is 0.307 e. The molecule has 3 aromatic carbocycles. The first-order valence-corrected chi connectivity index (χ1v) is 8.10. The first kappa shape index (κ1) is 17.6. The molecule has 0 aliphatic carbocycles. The van der Waals surface area contributed by atoms with Gasteiger partial charge in [0.05, 0.1) is 27.8 Å². The third kappa shape index (κ3) is 3.42. The van der Waals surface area contributed by atoms with Crippen molar-refractivity contribution in [1.82, 2.24) is 0 Å². The second kappa shape index (κ2) is 7.35. The predicted molar refractivity (Wildman–Crippen MR) is 100 cm³/mol. The summed E-state index contributed by atoms with van der Waals surface area (Å²) < 4.78 is 16.2. The summed E-state index contributed by atoms with van der Waals surface area (Å²) in [7, 11) is 4.75. The van der Waals surface area contributed by atoms with Gasteiger partial charge in [-0.25, -0.2) is 0 Å². The van der Waals surface area contributed by atoms with Crippen molar-refractivity contribution in [2.75, 3.05) is 21.3 Å². The van der Waals surface area contributed by atoms with Crippen molar-refractivity contribution in [2.45, 2.75) is 6.42 Å². The van der Waals surface area contributed by atoms with Gasteiger partial charge in [-0.3, -0.25) is 4.79 Å². The number of ether oxygens (including phenoxy) is 3. The van der Waals surface area contributed by atoms with E-state index in [2.05, 4.69) is 6.07 Å². The highest BCUT2D eigenvalue weighted by Gasteiger charge is 2.14. The van der Waals surface area contributed by atoms with Crippen LogP contribution in [0.2, 0.25) is 0 Å². The fraction of sp³-hybridized carbons (Fsp3) is 0.190. The highest BCUT2D eigenvalue weighted by Crippen LogP contribution is 2.41. The van der Waals surface area contributed by atoms with Gasteiger partial charge in [-0.1, -0.05) is 30.3 Å².